The number of hydrogen-bond acceptors (Lipinski definition) is 4. The van der Waals surface area contributed by atoms with Crippen molar-refractivity contribution in [2.24, 2.45) is 0 Å². The van der Waals surface area contributed by atoms with Crippen LogP contribution in [0.5, 0.6) is 0 Å². The van der Waals surface area contributed by atoms with Gasteiger partial charge < -0.3 is 5.32 Å². The number of benzene rings is 2. The van der Waals surface area contributed by atoms with Gasteiger partial charge in [-0.2, -0.15) is 0 Å². The van der Waals surface area contributed by atoms with Gasteiger partial charge in [0.1, 0.15) is 11.4 Å². The van der Waals surface area contributed by atoms with Gasteiger partial charge in [0.05, 0.1) is 11.7 Å². The minimum absolute atomic E-state index is 0.0460. The molecular weight excluding hydrogens is 382 g/mol. The second-order valence-corrected chi connectivity index (χ2v) is 8.58. The highest BCUT2D eigenvalue weighted by Crippen LogP contribution is 2.32. The van der Waals surface area contributed by atoms with E-state index >= 15 is 0 Å². The topological polar surface area (TPSA) is 64.0 Å². The minimum Gasteiger partial charge on any atom is -0.324 e. The first kappa shape index (κ1) is 18.1. The molecular formula is C23H21N3O2S. The normalized spacial score (nSPS) is 13.9. The maximum atomic E-state index is 13.1. The lowest BCUT2D eigenvalue weighted by atomic mass is 10.1. The lowest BCUT2D eigenvalue weighted by Gasteiger charge is -2.10. The number of aryl methyl sites for hydroxylation is 2. The fourth-order valence-electron chi connectivity index (χ4n) is 4.15. The molecule has 0 radical (unpaired) electrons. The van der Waals surface area contributed by atoms with Gasteiger partial charge in [0.15, 0.2) is 0 Å². The van der Waals surface area contributed by atoms with Crippen LogP contribution in [-0.4, -0.2) is 15.5 Å². The smallest absolute Gasteiger partial charge is 0.262 e. The number of aromatic nitrogens is 2. The summed E-state index contributed by atoms with van der Waals surface area (Å²) in [5.74, 6) is -0.231. The second-order valence-electron chi connectivity index (χ2n) is 7.50. The van der Waals surface area contributed by atoms with Gasteiger partial charge >= 0.3 is 0 Å². The summed E-state index contributed by atoms with van der Waals surface area (Å²) in [7, 11) is 0. The summed E-state index contributed by atoms with van der Waals surface area (Å²) >= 11 is 1.63. The third-order valence-corrected chi connectivity index (χ3v) is 6.77. The van der Waals surface area contributed by atoms with Crippen molar-refractivity contribution in [2.75, 3.05) is 5.32 Å². The third kappa shape index (κ3) is 3.34. The van der Waals surface area contributed by atoms with Gasteiger partial charge in [0.25, 0.3) is 5.56 Å². The Morgan fingerprint density at radius 3 is 2.83 bits per heavy atom. The molecule has 1 N–H and O–H groups in total. The Balaban J connectivity index is 1.45. The molecule has 6 heteroatoms. The number of nitrogens with zero attached hydrogens (tertiary/aromatic N) is 2. The molecule has 146 valence electrons. The minimum atomic E-state index is -0.231. The highest BCUT2D eigenvalue weighted by atomic mass is 32.1. The monoisotopic (exact) mass is 403 g/mol. The fourth-order valence-corrected chi connectivity index (χ4v) is 5.37. The van der Waals surface area contributed by atoms with Gasteiger partial charge in [0, 0.05) is 16.0 Å². The molecule has 5 nitrogen and oxygen atoms in total. The zero-order valence-electron chi connectivity index (χ0n) is 16.0. The molecule has 5 rings (SSSR count). The van der Waals surface area contributed by atoms with Crippen molar-refractivity contribution in [2.45, 2.75) is 38.6 Å². The van der Waals surface area contributed by atoms with E-state index in [1.165, 1.54) is 28.6 Å². The molecule has 0 atom stereocenters. The first-order valence-corrected chi connectivity index (χ1v) is 10.8. The van der Waals surface area contributed by atoms with Crippen LogP contribution in [0.2, 0.25) is 0 Å². The Hall–Kier alpha value is -2.99. The van der Waals surface area contributed by atoms with Crippen LogP contribution in [0.4, 0.5) is 5.69 Å². The molecule has 0 fully saturated rings. The van der Waals surface area contributed by atoms with Crippen molar-refractivity contribution >= 4 is 43.9 Å². The summed E-state index contributed by atoms with van der Waals surface area (Å²) in [5, 5.41) is 5.71. The van der Waals surface area contributed by atoms with Crippen LogP contribution in [0.25, 0.3) is 21.0 Å². The lowest BCUT2D eigenvalue weighted by Crippen LogP contribution is -2.28. The van der Waals surface area contributed by atoms with E-state index in [1.807, 2.05) is 42.5 Å². The number of carbonyl (C=O) groups excluding carboxylic acids is 1. The summed E-state index contributed by atoms with van der Waals surface area (Å²) in [6.45, 7) is -0.0460. The summed E-state index contributed by atoms with van der Waals surface area (Å²) in [6.07, 6.45) is 6.93. The number of amides is 1. The Morgan fingerprint density at radius 2 is 1.90 bits per heavy atom. The zero-order valence-corrected chi connectivity index (χ0v) is 16.8. The molecule has 0 bridgehead atoms. The number of fused-ring (bicyclic) bond motifs is 4. The van der Waals surface area contributed by atoms with E-state index < -0.39 is 0 Å². The first-order chi connectivity index (χ1) is 14.2. The Kier molecular flexibility index (Phi) is 4.64. The van der Waals surface area contributed by atoms with Gasteiger partial charge in [-0.15, -0.1) is 11.3 Å². The van der Waals surface area contributed by atoms with Crippen LogP contribution in [0.1, 0.15) is 29.7 Å². The fraction of sp³-hybridized carbons (Fsp3) is 0.261. The standard InChI is InChI=1S/C23H21N3O2S/c27-20(25-18-11-6-8-15-7-4-5-9-16(15)18)13-26-14-24-22-21(23(26)28)17-10-2-1-3-12-19(17)29-22/h4-9,11,14H,1-3,10,12-13H2,(H,25,27). The molecule has 1 amide bonds. The molecule has 0 saturated heterocycles. The lowest BCUT2D eigenvalue weighted by molar-refractivity contribution is -0.116. The molecule has 2 aromatic heterocycles. The van der Waals surface area contributed by atoms with E-state index in [0.717, 1.165) is 46.1 Å². The van der Waals surface area contributed by atoms with Crippen molar-refractivity contribution in [3.8, 4) is 0 Å². The van der Waals surface area contributed by atoms with Crippen molar-refractivity contribution in [1.82, 2.24) is 9.55 Å². The van der Waals surface area contributed by atoms with E-state index in [2.05, 4.69) is 10.3 Å². The summed E-state index contributed by atoms with van der Waals surface area (Å²) in [4.78, 5) is 32.4. The van der Waals surface area contributed by atoms with Crippen molar-refractivity contribution in [3.63, 3.8) is 0 Å². The molecule has 4 aromatic rings. The summed E-state index contributed by atoms with van der Waals surface area (Å²) in [5.41, 5.74) is 1.80. The van der Waals surface area contributed by atoms with Gasteiger partial charge in [-0.1, -0.05) is 42.8 Å². The highest BCUT2D eigenvalue weighted by Gasteiger charge is 2.19. The van der Waals surface area contributed by atoms with Crippen LogP contribution >= 0.6 is 11.3 Å². The van der Waals surface area contributed by atoms with Gasteiger partial charge in [0.2, 0.25) is 5.91 Å². The van der Waals surface area contributed by atoms with Crippen LogP contribution in [-0.2, 0) is 24.2 Å². The van der Waals surface area contributed by atoms with Crippen LogP contribution in [0, 0.1) is 0 Å². The molecule has 29 heavy (non-hydrogen) atoms. The predicted octanol–water partition coefficient (Wildman–Crippen LogP) is 4.52. The van der Waals surface area contributed by atoms with E-state index in [4.69, 9.17) is 0 Å². The van der Waals surface area contributed by atoms with E-state index in [9.17, 15) is 9.59 Å². The van der Waals surface area contributed by atoms with Gasteiger partial charge in [-0.3, -0.25) is 14.2 Å². The SMILES string of the molecule is O=C(Cn1cnc2sc3c(c2c1=O)CCCCC3)Nc1cccc2ccccc12. The van der Waals surface area contributed by atoms with Crippen LogP contribution in [0.3, 0.4) is 0 Å². The number of nitrogens with one attached hydrogen (secondary N) is 1. The molecule has 0 saturated carbocycles. The van der Waals surface area contributed by atoms with Crippen molar-refractivity contribution in [1.29, 1.82) is 0 Å². The Morgan fingerprint density at radius 1 is 1.07 bits per heavy atom. The molecule has 0 aliphatic heterocycles. The quantitative estimate of drug-likeness (QED) is 0.512. The number of hydrogen-bond donors (Lipinski definition) is 1. The molecule has 2 heterocycles. The number of carbonyl (C=O) groups is 1. The molecule has 0 unspecified atom stereocenters. The maximum Gasteiger partial charge on any atom is 0.262 e. The predicted molar refractivity (Wildman–Crippen MR) is 118 cm³/mol. The second kappa shape index (κ2) is 7.44. The van der Waals surface area contributed by atoms with Crippen LogP contribution in [0.15, 0.2) is 53.6 Å². The largest absolute Gasteiger partial charge is 0.324 e. The molecule has 1 aliphatic carbocycles. The number of thiophene rings is 1. The van der Waals surface area contributed by atoms with Crippen LogP contribution < -0.4 is 10.9 Å². The average molecular weight is 404 g/mol. The molecule has 0 spiro atoms. The Bertz CT molecular complexity index is 1280. The summed E-state index contributed by atoms with van der Waals surface area (Å²) in [6, 6.07) is 13.7. The van der Waals surface area contributed by atoms with E-state index in [1.54, 1.807) is 11.3 Å². The molecule has 1 aliphatic rings. The summed E-state index contributed by atoms with van der Waals surface area (Å²) < 4.78 is 1.43. The zero-order chi connectivity index (χ0) is 19.8. The first-order valence-electron chi connectivity index (χ1n) is 9.98. The van der Waals surface area contributed by atoms with Gasteiger partial charge in [-0.25, -0.2) is 4.98 Å². The van der Waals surface area contributed by atoms with Crippen molar-refractivity contribution in [3.05, 3.63) is 69.6 Å². The Labute approximate surface area is 172 Å². The highest BCUT2D eigenvalue weighted by molar-refractivity contribution is 7.18. The average Bonchev–Trinajstić information content (AvgIpc) is 2.92. The number of rotatable bonds is 3. The third-order valence-electron chi connectivity index (χ3n) is 5.57. The van der Waals surface area contributed by atoms with Gasteiger partial charge in [-0.05, 0) is 42.7 Å². The van der Waals surface area contributed by atoms with Crippen molar-refractivity contribution < 1.29 is 4.79 Å². The maximum absolute atomic E-state index is 13.1. The van der Waals surface area contributed by atoms with E-state index in [0.29, 0.717) is 5.39 Å². The number of anilines is 1. The molecule has 2 aromatic carbocycles. The van der Waals surface area contributed by atoms with E-state index in [-0.39, 0.29) is 18.0 Å².